The first-order valence-electron chi connectivity index (χ1n) is 9.78. The zero-order valence-electron chi connectivity index (χ0n) is 17.0. The number of carbonyl (C=O) groups excluding carboxylic acids is 2. The SMILES string of the molecule is COC(=O)[C@H](CN1CCN(CC(=O)NCC(C)C)CC1)[C@@H](O)c1ccncc1. The van der Waals surface area contributed by atoms with E-state index in [0.29, 0.717) is 31.1 Å². The Morgan fingerprint density at radius 3 is 2.36 bits per heavy atom. The molecule has 2 rings (SSSR count). The Morgan fingerprint density at radius 1 is 1.18 bits per heavy atom. The van der Waals surface area contributed by atoms with Crippen molar-refractivity contribution < 1.29 is 19.4 Å². The summed E-state index contributed by atoms with van der Waals surface area (Å²) >= 11 is 0. The molecule has 0 radical (unpaired) electrons. The van der Waals surface area contributed by atoms with Crippen LogP contribution in [0.3, 0.4) is 0 Å². The lowest BCUT2D eigenvalue weighted by atomic mass is 9.95. The third kappa shape index (κ3) is 6.85. The summed E-state index contributed by atoms with van der Waals surface area (Å²) < 4.78 is 4.91. The fraction of sp³-hybridized carbons (Fsp3) is 0.650. The van der Waals surface area contributed by atoms with Gasteiger partial charge in [0.15, 0.2) is 0 Å². The lowest BCUT2D eigenvalue weighted by Gasteiger charge is -2.36. The summed E-state index contributed by atoms with van der Waals surface area (Å²) in [7, 11) is 1.34. The first-order chi connectivity index (χ1) is 13.4. The topological polar surface area (TPSA) is 95.0 Å². The summed E-state index contributed by atoms with van der Waals surface area (Å²) in [6.07, 6.45) is 2.24. The van der Waals surface area contributed by atoms with Crippen LogP contribution in [0.25, 0.3) is 0 Å². The van der Waals surface area contributed by atoms with E-state index < -0.39 is 18.0 Å². The van der Waals surface area contributed by atoms with Crippen molar-refractivity contribution in [1.29, 1.82) is 0 Å². The van der Waals surface area contributed by atoms with E-state index in [-0.39, 0.29) is 5.91 Å². The number of methoxy groups -OCH3 is 1. The minimum absolute atomic E-state index is 0.0442. The van der Waals surface area contributed by atoms with Crippen molar-refractivity contribution in [3.63, 3.8) is 0 Å². The van der Waals surface area contributed by atoms with Gasteiger partial charge in [-0.1, -0.05) is 13.8 Å². The molecule has 1 fully saturated rings. The molecule has 156 valence electrons. The maximum Gasteiger partial charge on any atom is 0.312 e. The highest BCUT2D eigenvalue weighted by Crippen LogP contribution is 2.24. The third-order valence-corrected chi connectivity index (χ3v) is 4.93. The molecule has 1 aromatic heterocycles. The van der Waals surface area contributed by atoms with Crippen LogP contribution in [0.1, 0.15) is 25.5 Å². The number of ether oxygens (including phenoxy) is 1. The molecule has 0 spiro atoms. The molecule has 1 aliphatic heterocycles. The number of aliphatic hydroxyl groups is 1. The number of pyridine rings is 1. The van der Waals surface area contributed by atoms with Crippen LogP contribution in [0.4, 0.5) is 0 Å². The van der Waals surface area contributed by atoms with Crippen LogP contribution in [-0.4, -0.2) is 84.7 Å². The molecular formula is C20H32N4O4. The molecule has 8 nitrogen and oxygen atoms in total. The average molecular weight is 393 g/mol. The van der Waals surface area contributed by atoms with Crippen molar-refractivity contribution in [2.75, 3.05) is 52.9 Å². The summed E-state index contributed by atoms with van der Waals surface area (Å²) in [4.78, 5) is 32.4. The Balaban J connectivity index is 1.86. The molecule has 0 saturated carbocycles. The van der Waals surface area contributed by atoms with E-state index in [0.717, 1.165) is 26.2 Å². The highest BCUT2D eigenvalue weighted by atomic mass is 16.5. The van der Waals surface area contributed by atoms with E-state index in [4.69, 9.17) is 4.74 Å². The fourth-order valence-electron chi connectivity index (χ4n) is 3.23. The highest BCUT2D eigenvalue weighted by Gasteiger charge is 2.32. The number of piperazine rings is 1. The summed E-state index contributed by atoms with van der Waals surface area (Å²) in [5.74, 6) is -0.626. The molecule has 2 N–H and O–H groups in total. The zero-order valence-corrected chi connectivity index (χ0v) is 17.0. The van der Waals surface area contributed by atoms with Crippen LogP contribution in [0.5, 0.6) is 0 Å². The van der Waals surface area contributed by atoms with Crippen molar-refractivity contribution in [2.45, 2.75) is 20.0 Å². The maximum atomic E-state index is 12.2. The number of amides is 1. The number of nitrogens with zero attached hydrogens (tertiary/aromatic N) is 3. The molecule has 0 aromatic carbocycles. The highest BCUT2D eigenvalue weighted by molar-refractivity contribution is 5.78. The van der Waals surface area contributed by atoms with E-state index in [2.05, 4.69) is 33.9 Å². The number of carbonyl (C=O) groups is 2. The van der Waals surface area contributed by atoms with Crippen molar-refractivity contribution in [2.24, 2.45) is 11.8 Å². The molecular weight excluding hydrogens is 360 g/mol. The van der Waals surface area contributed by atoms with E-state index in [1.165, 1.54) is 7.11 Å². The second-order valence-electron chi connectivity index (χ2n) is 7.63. The molecule has 1 aromatic rings. The van der Waals surface area contributed by atoms with Crippen LogP contribution in [0.2, 0.25) is 0 Å². The molecule has 28 heavy (non-hydrogen) atoms. The van der Waals surface area contributed by atoms with Gasteiger partial charge in [-0.25, -0.2) is 0 Å². The normalized spacial score (nSPS) is 17.9. The van der Waals surface area contributed by atoms with Crippen molar-refractivity contribution >= 4 is 11.9 Å². The minimum Gasteiger partial charge on any atom is -0.469 e. The Kier molecular flexibility index (Phi) is 8.82. The molecule has 1 saturated heterocycles. The summed E-state index contributed by atoms with van der Waals surface area (Å²) in [6, 6.07) is 3.41. The van der Waals surface area contributed by atoms with Crippen LogP contribution in [0.15, 0.2) is 24.5 Å². The largest absolute Gasteiger partial charge is 0.469 e. The molecule has 0 bridgehead atoms. The number of aromatic nitrogens is 1. The number of hydrogen-bond donors (Lipinski definition) is 2. The number of hydrogen-bond acceptors (Lipinski definition) is 7. The van der Waals surface area contributed by atoms with Gasteiger partial charge in [0.2, 0.25) is 5.91 Å². The summed E-state index contributed by atoms with van der Waals surface area (Å²) in [6.45, 7) is 8.57. The van der Waals surface area contributed by atoms with Gasteiger partial charge in [0.1, 0.15) is 0 Å². The van der Waals surface area contributed by atoms with E-state index in [1.54, 1.807) is 24.5 Å². The monoisotopic (exact) mass is 392 g/mol. The summed E-state index contributed by atoms with van der Waals surface area (Å²) in [5.41, 5.74) is 0.644. The second-order valence-corrected chi connectivity index (χ2v) is 7.63. The number of rotatable bonds is 9. The Labute approximate surface area is 166 Å². The van der Waals surface area contributed by atoms with Gasteiger partial charge in [-0.2, -0.15) is 0 Å². The van der Waals surface area contributed by atoms with E-state index in [1.807, 2.05) is 0 Å². The van der Waals surface area contributed by atoms with Crippen LogP contribution < -0.4 is 5.32 Å². The Hall–Kier alpha value is -2.03. The smallest absolute Gasteiger partial charge is 0.312 e. The number of esters is 1. The zero-order chi connectivity index (χ0) is 20.5. The first-order valence-corrected chi connectivity index (χ1v) is 9.78. The van der Waals surface area contributed by atoms with Crippen LogP contribution in [0, 0.1) is 11.8 Å². The van der Waals surface area contributed by atoms with Gasteiger partial charge in [0, 0.05) is 51.7 Å². The summed E-state index contributed by atoms with van der Waals surface area (Å²) in [5, 5.41) is 13.6. The average Bonchev–Trinajstić information content (AvgIpc) is 2.71. The lowest BCUT2D eigenvalue weighted by molar-refractivity contribution is -0.151. The predicted octanol–water partition coefficient (Wildman–Crippen LogP) is 0.294. The maximum absolute atomic E-state index is 12.2. The van der Waals surface area contributed by atoms with Gasteiger partial charge in [-0.3, -0.25) is 24.4 Å². The minimum atomic E-state index is -0.949. The van der Waals surface area contributed by atoms with Gasteiger partial charge < -0.3 is 15.2 Å². The van der Waals surface area contributed by atoms with Crippen LogP contribution in [-0.2, 0) is 14.3 Å². The van der Waals surface area contributed by atoms with Gasteiger partial charge in [-0.15, -0.1) is 0 Å². The van der Waals surface area contributed by atoms with E-state index in [9.17, 15) is 14.7 Å². The van der Waals surface area contributed by atoms with Crippen molar-refractivity contribution in [3.8, 4) is 0 Å². The predicted molar refractivity (Wildman–Crippen MR) is 105 cm³/mol. The van der Waals surface area contributed by atoms with Crippen LogP contribution >= 0.6 is 0 Å². The lowest BCUT2D eigenvalue weighted by Crippen LogP contribution is -2.51. The number of aliphatic hydroxyl groups excluding tert-OH is 1. The van der Waals surface area contributed by atoms with Gasteiger partial charge in [0.25, 0.3) is 0 Å². The quantitative estimate of drug-likeness (QED) is 0.584. The van der Waals surface area contributed by atoms with Gasteiger partial charge in [-0.05, 0) is 23.6 Å². The van der Waals surface area contributed by atoms with Gasteiger partial charge >= 0.3 is 5.97 Å². The molecule has 8 heteroatoms. The fourth-order valence-corrected chi connectivity index (χ4v) is 3.23. The molecule has 0 aliphatic carbocycles. The Morgan fingerprint density at radius 2 is 1.79 bits per heavy atom. The molecule has 1 aliphatic rings. The molecule has 0 unspecified atom stereocenters. The molecule has 2 heterocycles. The number of nitrogens with one attached hydrogen (secondary N) is 1. The first kappa shape index (κ1) is 22.3. The third-order valence-electron chi connectivity index (χ3n) is 4.93. The van der Waals surface area contributed by atoms with E-state index >= 15 is 0 Å². The molecule has 1 amide bonds. The van der Waals surface area contributed by atoms with Crippen molar-refractivity contribution in [1.82, 2.24) is 20.1 Å². The molecule has 2 atom stereocenters. The standard InChI is InChI=1S/C20H32N4O4/c1-15(2)12-22-18(25)14-24-10-8-23(9-11-24)13-17(20(27)28-3)19(26)16-4-6-21-7-5-16/h4-7,15,17,19,26H,8-14H2,1-3H3,(H,22,25)/t17-,19+/m1/s1. The van der Waals surface area contributed by atoms with Crippen molar-refractivity contribution in [3.05, 3.63) is 30.1 Å². The Bertz CT molecular complexity index is 618. The second kappa shape index (κ2) is 11.1. The van der Waals surface area contributed by atoms with Gasteiger partial charge in [0.05, 0.1) is 25.7 Å².